The first-order valence-corrected chi connectivity index (χ1v) is 8.46. The smallest absolute Gasteiger partial charge is 0.212 e. The van der Waals surface area contributed by atoms with Crippen LogP contribution in [-0.2, 0) is 0 Å². The summed E-state index contributed by atoms with van der Waals surface area (Å²) in [7, 11) is 0. The molecule has 1 aliphatic rings. The van der Waals surface area contributed by atoms with Crippen LogP contribution in [0.2, 0.25) is 0 Å². The largest absolute Gasteiger partial charge is 0.595 e. The van der Waals surface area contributed by atoms with Crippen LogP contribution in [0.25, 0.3) is 11.4 Å². The Morgan fingerprint density at radius 3 is 2.42 bits per heavy atom. The van der Waals surface area contributed by atoms with Crippen molar-refractivity contribution in [2.75, 3.05) is 5.43 Å². The van der Waals surface area contributed by atoms with E-state index in [0.29, 0.717) is 16.5 Å². The van der Waals surface area contributed by atoms with E-state index in [1.165, 1.54) is 17.8 Å². The minimum Gasteiger partial charge on any atom is -0.595 e. The lowest BCUT2D eigenvalue weighted by Gasteiger charge is -2.15. The number of hydrogen-bond acceptors (Lipinski definition) is 8. The zero-order valence-electron chi connectivity index (χ0n) is 13.2. The minimum absolute atomic E-state index is 0.148. The van der Waals surface area contributed by atoms with Gasteiger partial charge in [0.2, 0.25) is 5.16 Å². The second-order valence-electron chi connectivity index (χ2n) is 5.58. The van der Waals surface area contributed by atoms with Gasteiger partial charge in [0, 0.05) is 29.8 Å². The molecule has 1 aromatic heterocycles. The Bertz CT molecular complexity index is 930. The lowest BCUT2D eigenvalue weighted by Crippen LogP contribution is -2.99. The van der Waals surface area contributed by atoms with Crippen LogP contribution in [0.4, 0.5) is 11.4 Å². The maximum absolute atomic E-state index is 11.2. The molecule has 2 heterocycles. The van der Waals surface area contributed by atoms with Crippen molar-refractivity contribution < 1.29 is 20.9 Å². The van der Waals surface area contributed by atoms with E-state index in [2.05, 4.69) is 15.6 Å². The first-order chi connectivity index (χ1) is 12.5. The SMILES string of the molecule is [O-][NH+](O)c1ccc(C2Nn3c(nnc3-c3cccc([NH+]([O-])O)c3)S2)cc1. The van der Waals surface area contributed by atoms with Gasteiger partial charge >= 0.3 is 0 Å². The van der Waals surface area contributed by atoms with E-state index < -0.39 is 10.5 Å². The molecule has 3 unspecified atom stereocenters. The third kappa shape index (κ3) is 3.04. The lowest BCUT2D eigenvalue weighted by molar-refractivity contribution is -0.991. The van der Waals surface area contributed by atoms with Crippen LogP contribution >= 0.6 is 11.8 Å². The third-order valence-corrected chi connectivity index (χ3v) is 5.02. The van der Waals surface area contributed by atoms with Crippen molar-refractivity contribution in [2.24, 2.45) is 0 Å². The number of nitrogens with zero attached hydrogens (tertiary/aromatic N) is 3. The molecule has 3 atom stereocenters. The molecule has 0 aliphatic carbocycles. The standard InChI is InChI=1S/C15H14N6O4S/c22-20(23)11-6-4-9(5-7-11)14-18-19-13(16-17-15(19)26-14)10-2-1-3-12(8-10)21(24)25/h1-8,14,18,20-22,24H. The maximum atomic E-state index is 11.2. The Morgan fingerprint density at radius 1 is 1.00 bits per heavy atom. The Morgan fingerprint density at radius 2 is 1.73 bits per heavy atom. The zero-order chi connectivity index (χ0) is 18.3. The van der Waals surface area contributed by atoms with Crippen molar-refractivity contribution in [3.8, 4) is 11.4 Å². The molecule has 10 nitrogen and oxygen atoms in total. The van der Waals surface area contributed by atoms with Gasteiger partial charge in [-0.05, 0) is 17.7 Å². The highest BCUT2D eigenvalue weighted by Gasteiger charge is 2.28. The van der Waals surface area contributed by atoms with Crippen molar-refractivity contribution in [3.63, 3.8) is 0 Å². The number of benzene rings is 2. The minimum atomic E-state index is -1.01. The van der Waals surface area contributed by atoms with E-state index in [4.69, 9.17) is 10.4 Å². The summed E-state index contributed by atoms with van der Waals surface area (Å²) < 4.78 is 1.71. The molecule has 26 heavy (non-hydrogen) atoms. The number of thioether (sulfide) groups is 1. The summed E-state index contributed by atoms with van der Waals surface area (Å²) in [4.78, 5) is 0. The van der Waals surface area contributed by atoms with Crippen LogP contribution in [0, 0.1) is 10.4 Å². The normalized spacial score (nSPS) is 18.2. The number of hydrogen-bond donors (Lipinski definition) is 5. The number of aromatic nitrogens is 3. The molecule has 2 aromatic carbocycles. The van der Waals surface area contributed by atoms with Crippen molar-refractivity contribution in [3.05, 3.63) is 64.5 Å². The van der Waals surface area contributed by atoms with Crippen LogP contribution in [0.3, 0.4) is 0 Å². The van der Waals surface area contributed by atoms with Gasteiger partial charge in [-0.3, -0.25) is 0 Å². The second-order valence-corrected chi connectivity index (χ2v) is 6.65. The average Bonchev–Trinajstić information content (AvgIpc) is 3.22. The van der Waals surface area contributed by atoms with Gasteiger partial charge in [-0.2, -0.15) is 10.5 Å². The summed E-state index contributed by atoms with van der Waals surface area (Å²) in [5.74, 6) is 0.514. The third-order valence-electron chi connectivity index (χ3n) is 3.93. The van der Waals surface area contributed by atoms with Gasteiger partial charge in [0.05, 0.1) is 0 Å². The van der Waals surface area contributed by atoms with E-state index in [1.807, 2.05) is 0 Å². The van der Waals surface area contributed by atoms with E-state index in [1.54, 1.807) is 47.1 Å². The Labute approximate surface area is 151 Å². The number of rotatable bonds is 4. The highest BCUT2D eigenvalue weighted by molar-refractivity contribution is 7.99. The summed E-state index contributed by atoms with van der Waals surface area (Å²) in [5.41, 5.74) is 5.19. The van der Waals surface area contributed by atoms with E-state index in [0.717, 1.165) is 5.56 Å². The molecular formula is C15H14N6O4S. The summed E-state index contributed by atoms with van der Waals surface area (Å²) >= 11 is 1.44. The van der Waals surface area contributed by atoms with E-state index >= 15 is 0 Å². The van der Waals surface area contributed by atoms with Crippen LogP contribution in [0.5, 0.6) is 0 Å². The maximum Gasteiger partial charge on any atom is 0.212 e. The van der Waals surface area contributed by atoms with Gasteiger partial charge in [0.25, 0.3) is 0 Å². The zero-order valence-corrected chi connectivity index (χ0v) is 14.0. The molecule has 0 spiro atoms. The fourth-order valence-electron chi connectivity index (χ4n) is 2.63. The number of nitrogens with one attached hydrogen (secondary N) is 3. The summed E-state index contributed by atoms with van der Waals surface area (Å²) in [6.07, 6.45) is 0. The first kappa shape index (κ1) is 16.9. The molecule has 0 amide bonds. The first-order valence-electron chi connectivity index (χ1n) is 7.58. The number of quaternary nitrogens is 2. The van der Waals surface area contributed by atoms with E-state index in [9.17, 15) is 10.4 Å². The van der Waals surface area contributed by atoms with Crippen molar-refractivity contribution in [1.29, 1.82) is 0 Å². The van der Waals surface area contributed by atoms with Gasteiger partial charge in [0.15, 0.2) is 17.2 Å². The van der Waals surface area contributed by atoms with Crippen molar-refractivity contribution in [1.82, 2.24) is 14.9 Å². The van der Waals surface area contributed by atoms with Crippen LogP contribution in [-0.4, -0.2) is 25.3 Å². The second kappa shape index (κ2) is 6.66. The van der Waals surface area contributed by atoms with Gasteiger partial charge in [0.1, 0.15) is 5.37 Å². The Kier molecular flexibility index (Phi) is 4.34. The lowest BCUT2D eigenvalue weighted by atomic mass is 10.2. The molecule has 4 rings (SSSR count). The van der Waals surface area contributed by atoms with Crippen LogP contribution in [0.1, 0.15) is 10.9 Å². The van der Waals surface area contributed by atoms with Crippen LogP contribution < -0.4 is 15.9 Å². The molecule has 11 heteroatoms. The molecule has 1 aliphatic heterocycles. The molecule has 0 fully saturated rings. The predicted octanol–water partition coefficient (Wildman–Crippen LogP) is 0.0999. The van der Waals surface area contributed by atoms with Gasteiger partial charge in [-0.25, -0.2) is 15.1 Å². The highest BCUT2D eigenvalue weighted by atomic mass is 32.2. The predicted molar refractivity (Wildman–Crippen MR) is 91.4 cm³/mol. The van der Waals surface area contributed by atoms with Gasteiger partial charge < -0.3 is 15.8 Å². The van der Waals surface area contributed by atoms with Crippen LogP contribution in [0.15, 0.2) is 53.7 Å². The summed E-state index contributed by atoms with van der Waals surface area (Å²) in [6, 6.07) is 13.1. The monoisotopic (exact) mass is 374 g/mol. The van der Waals surface area contributed by atoms with Crippen molar-refractivity contribution >= 4 is 23.1 Å². The fraction of sp³-hybridized carbons (Fsp3) is 0.0667. The summed E-state index contributed by atoms with van der Waals surface area (Å²) in [6.45, 7) is 0. The Balaban J connectivity index is 1.60. The van der Waals surface area contributed by atoms with E-state index in [-0.39, 0.29) is 16.7 Å². The molecule has 0 bridgehead atoms. The van der Waals surface area contributed by atoms with Gasteiger partial charge in [-0.1, -0.05) is 23.9 Å². The average molecular weight is 374 g/mol. The fourth-order valence-corrected chi connectivity index (χ4v) is 3.63. The molecule has 0 saturated carbocycles. The molecule has 0 radical (unpaired) electrons. The van der Waals surface area contributed by atoms with Crippen molar-refractivity contribution in [2.45, 2.75) is 10.5 Å². The molecular weight excluding hydrogens is 360 g/mol. The topological polar surface area (TPSA) is 138 Å². The Hall–Kier alpha value is -2.51. The molecule has 3 aromatic rings. The summed E-state index contributed by atoms with van der Waals surface area (Å²) in [5, 5.41) is 47.1. The molecule has 5 N–H and O–H groups in total. The quantitative estimate of drug-likeness (QED) is 0.405. The molecule has 134 valence electrons. The highest BCUT2D eigenvalue weighted by Crippen LogP contribution is 2.40. The molecule has 0 saturated heterocycles. The van der Waals surface area contributed by atoms with Gasteiger partial charge in [-0.15, -0.1) is 10.2 Å². The number of fused-ring (bicyclic) bond motifs is 1.